The Bertz CT molecular complexity index is 613. The molecule has 1 aromatic carbocycles. The minimum atomic E-state index is -0.0450. The van der Waals surface area contributed by atoms with Crippen LogP contribution in [0.4, 0.5) is 5.69 Å². The van der Waals surface area contributed by atoms with Crippen molar-refractivity contribution >= 4 is 29.1 Å². The van der Waals surface area contributed by atoms with Gasteiger partial charge in [0.15, 0.2) is 0 Å². The van der Waals surface area contributed by atoms with E-state index in [1.807, 2.05) is 32.9 Å². The molecule has 1 fully saturated rings. The van der Waals surface area contributed by atoms with Gasteiger partial charge in [0.1, 0.15) is 0 Å². The smallest absolute Gasteiger partial charge is 0.238 e. The fourth-order valence-electron chi connectivity index (χ4n) is 2.81. The van der Waals surface area contributed by atoms with Crippen LogP contribution < -0.4 is 10.6 Å². The van der Waals surface area contributed by atoms with Crippen LogP contribution in [0.25, 0.3) is 0 Å². The van der Waals surface area contributed by atoms with E-state index in [1.54, 1.807) is 6.07 Å². The SMILES string of the molecule is Cc1c(Cl)cccc1NC(=O)CN1CCN(CC(=O)NC(C)C)CC1. The van der Waals surface area contributed by atoms with Crippen LogP contribution >= 0.6 is 11.6 Å². The highest BCUT2D eigenvalue weighted by Crippen LogP contribution is 2.22. The molecule has 1 aliphatic heterocycles. The molecule has 2 amide bonds. The zero-order valence-corrected chi connectivity index (χ0v) is 15.9. The normalized spacial score (nSPS) is 16.0. The first-order valence-corrected chi connectivity index (χ1v) is 9.02. The Kier molecular flexibility index (Phi) is 7.23. The van der Waals surface area contributed by atoms with Crippen LogP contribution in [0.3, 0.4) is 0 Å². The highest BCUT2D eigenvalue weighted by Gasteiger charge is 2.21. The topological polar surface area (TPSA) is 64.7 Å². The van der Waals surface area contributed by atoms with Gasteiger partial charge in [-0.1, -0.05) is 17.7 Å². The third-order valence-electron chi connectivity index (χ3n) is 4.19. The van der Waals surface area contributed by atoms with Gasteiger partial charge in [0.05, 0.1) is 13.1 Å². The molecule has 0 bridgehead atoms. The lowest BCUT2D eigenvalue weighted by Gasteiger charge is -2.34. The number of hydrogen-bond acceptors (Lipinski definition) is 4. The number of anilines is 1. The lowest BCUT2D eigenvalue weighted by molar-refractivity contribution is -0.124. The third-order valence-corrected chi connectivity index (χ3v) is 4.60. The first kappa shape index (κ1) is 19.7. The van der Waals surface area contributed by atoms with Crippen molar-refractivity contribution in [3.05, 3.63) is 28.8 Å². The predicted molar refractivity (Wildman–Crippen MR) is 101 cm³/mol. The molecule has 25 heavy (non-hydrogen) atoms. The van der Waals surface area contributed by atoms with Gasteiger partial charge in [0.25, 0.3) is 0 Å². The van der Waals surface area contributed by atoms with Gasteiger partial charge in [-0.25, -0.2) is 0 Å². The van der Waals surface area contributed by atoms with Crippen LogP contribution in [-0.2, 0) is 9.59 Å². The van der Waals surface area contributed by atoms with Crippen molar-refractivity contribution in [2.45, 2.75) is 26.8 Å². The Labute approximate surface area is 154 Å². The summed E-state index contributed by atoms with van der Waals surface area (Å²) in [5.74, 6) is 0.00833. The standard InChI is InChI=1S/C18H27ClN4O2/c1-13(2)20-17(24)11-22-7-9-23(10-8-22)12-18(25)21-16-6-4-5-15(19)14(16)3/h4-6,13H,7-12H2,1-3H3,(H,20,24)(H,21,25). The summed E-state index contributed by atoms with van der Waals surface area (Å²) in [6.07, 6.45) is 0. The number of halogens is 1. The molecule has 7 heteroatoms. The summed E-state index contributed by atoms with van der Waals surface area (Å²) < 4.78 is 0. The summed E-state index contributed by atoms with van der Waals surface area (Å²) in [5.41, 5.74) is 1.62. The van der Waals surface area contributed by atoms with Crippen LogP contribution in [-0.4, -0.2) is 66.9 Å². The van der Waals surface area contributed by atoms with Gasteiger partial charge in [-0.05, 0) is 38.5 Å². The van der Waals surface area contributed by atoms with Crippen LogP contribution in [0.15, 0.2) is 18.2 Å². The van der Waals surface area contributed by atoms with Crippen molar-refractivity contribution in [3.63, 3.8) is 0 Å². The summed E-state index contributed by atoms with van der Waals surface area (Å²) in [6, 6.07) is 5.64. The minimum absolute atomic E-state index is 0.0450. The number of nitrogens with zero attached hydrogens (tertiary/aromatic N) is 2. The Morgan fingerprint density at radius 1 is 1.08 bits per heavy atom. The Hall–Kier alpha value is -1.63. The fraction of sp³-hybridized carbons (Fsp3) is 0.556. The van der Waals surface area contributed by atoms with Gasteiger partial charge < -0.3 is 10.6 Å². The molecule has 2 rings (SSSR count). The molecule has 1 saturated heterocycles. The molecule has 0 radical (unpaired) electrons. The maximum atomic E-state index is 12.3. The molecule has 1 heterocycles. The van der Waals surface area contributed by atoms with Crippen LogP contribution in [0.5, 0.6) is 0 Å². The summed E-state index contributed by atoms with van der Waals surface area (Å²) >= 11 is 6.08. The van der Waals surface area contributed by atoms with Crippen molar-refractivity contribution < 1.29 is 9.59 Å². The van der Waals surface area contributed by atoms with Gasteiger partial charge in [0.2, 0.25) is 11.8 Å². The molecule has 0 atom stereocenters. The van der Waals surface area contributed by atoms with E-state index >= 15 is 0 Å². The molecular weight excluding hydrogens is 340 g/mol. The second-order valence-electron chi connectivity index (χ2n) is 6.74. The predicted octanol–water partition coefficient (Wildman–Crippen LogP) is 1.73. The molecule has 6 nitrogen and oxygen atoms in total. The number of piperazine rings is 1. The lowest BCUT2D eigenvalue weighted by Crippen LogP contribution is -2.51. The van der Waals surface area contributed by atoms with E-state index in [0.717, 1.165) is 37.4 Å². The molecule has 0 unspecified atom stereocenters. The second-order valence-corrected chi connectivity index (χ2v) is 7.14. The quantitative estimate of drug-likeness (QED) is 0.804. The molecule has 138 valence electrons. The van der Waals surface area contributed by atoms with E-state index in [1.165, 1.54) is 0 Å². The average molecular weight is 367 g/mol. The largest absolute Gasteiger partial charge is 0.353 e. The van der Waals surface area contributed by atoms with Crippen molar-refractivity contribution in [1.82, 2.24) is 15.1 Å². The van der Waals surface area contributed by atoms with Crippen molar-refractivity contribution in [2.75, 3.05) is 44.6 Å². The number of hydrogen-bond donors (Lipinski definition) is 2. The van der Waals surface area contributed by atoms with Crippen LogP contribution in [0.1, 0.15) is 19.4 Å². The molecule has 1 aliphatic rings. The first-order valence-electron chi connectivity index (χ1n) is 8.64. The van der Waals surface area contributed by atoms with Gasteiger partial charge in [-0.3, -0.25) is 19.4 Å². The highest BCUT2D eigenvalue weighted by molar-refractivity contribution is 6.31. The Balaban J connectivity index is 1.75. The Morgan fingerprint density at radius 3 is 2.20 bits per heavy atom. The highest BCUT2D eigenvalue weighted by atomic mass is 35.5. The average Bonchev–Trinajstić information content (AvgIpc) is 2.53. The van der Waals surface area contributed by atoms with Crippen LogP contribution in [0.2, 0.25) is 5.02 Å². The molecule has 2 N–H and O–H groups in total. The summed E-state index contributed by atoms with van der Waals surface area (Å²) in [7, 11) is 0. The van der Waals surface area contributed by atoms with E-state index in [2.05, 4.69) is 20.4 Å². The van der Waals surface area contributed by atoms with E-state index in [-0.39, 0.29) is 17.9 Å². The zero-order valence-electron chi connectivity index (χ0n) is 15.1. The fourth-order valence-corrected chi connectivity index (χ4v) is 2.99. The number of rotatable bonds is 6. The summed E-state index contributed by atoms with van der Waals surface area (Å²) in [4.78, 5) is 28.3. The number of carbonyl (C=O) groups is 2. The zero-order chi connectivity index (χ0) is 18.4. The maximum absolute atomic E-state index is 12.3. The maximum Gasteiger partial charge on any atom is 0.238 e. The monoisotopic (exact) mass is 366 g/mol. The molecule has 0 aliphatic carbocycles. The van der Waals surface area contributed by atoms with E-state index in [9.17, 15) is 9.59 Å². The van der Waals surface area contributed by atoms with Crippen molar-refractivity contribution in [1.29, 1.82) is 0 Å². The lowest BCUT2D eigenvalue weighted by atomic mass is 10.2. The molecule has 1 aromatic rings. The van der Waals surface area contributed by atoms with E-state index in [0.29, 0.717) is 18.1 Å². The van der Waals surface area contributed by atoms with Crippen LogP contribution in [0, 0.1) is 6.92 Å². The number of carbonyl (C=O) groups excluding carboxylic acids is 2. The molecule has 0 aromatic heterocycles. The van der Waals surface area contributed by atoms with Gasteiger partial charge in [-0.2, -0.15) is 0 Å². The molecule has 0 saturated carbocycles. The van der Waals surface area contributed by atoms with Crippen molar-refractivity contribution in [2.24, 2.45) is 0 Å². The molecule has 0 spiro atoms. The molecular formula is C18H27ClN4O2. The van der Waals surface area contributed by atoms with Crippen molar-refractivity contribution in [3.8, 4) is 0 Å². The van der Waals surface area contributed by atoms with Gasteiger partial charge in [-0.15, -0.1) is 0 Å². The summed E-state index contributed by atoms with van der Waals surface area (Å²) in [6.45, 7) is 9.68. The van der Waals surface area contributed by atoms with E-state index in [4.69, 9.17) is 11.6 Å². The number of nitrogens with one attached hydrogen (secondary N) is 2. The summed E-state index contributed by atoms with van der Waals surface area (Å²) in [5, 5.41) is 6.47. The first-order chi connectivity index (χ1) is 11.8. The Morgan fingerprint density at radius 2 is 1.64 bits per heavy atom. The van der Waals surface area contributed by atoms with Gasteiger partial charge >= 0.3 is 0 Å². The number of amides is 2. The van der Waals surface area contributed by atoms with Gasteiger partial charge in [0, 0.05) is 42.9 Å². The van der Waals surface area contributed by atoms with E-state index < -0.39 is 0 Å². The number of benzene rings is 1. The minimum Gasteiger partial charge on any atom is -0.353 e. The second kappa shape index (κ2) is 9.17. The third kappa shape index (κ3) is 6.30.